The van der Waals surface area contributed by atoms with Crippen LogP contribution in [0.2, 0.25) is 0 Å². The van der Waals surface area contributed by atoms with Gasteiger partial charge in [-0.3, -0.25) is 0 Å². The number of esters is 1. The Morgan fingerprint density at radius 1 is 1.30 bits per heavy atom. The normalized spacial score (nSPS) is 16.4. The van der Waals surface area contributed by atoms with Gasteiger partial charge in [-0.2, -0.15) is 11.8 Å². The van der Waals surface area contributed by atoms with Gasteiger partial charge < -0.3 is 10.1 Å². The highest BCUT2D eigenvalue weighted by atomic mass is 32.2. The van der Waals surface area contributed by atoms with Gasteiger partial charge in [-0.15, -0.1) is 0 Å². The number of carbonyl (C=O) groups excluding carboxylic acids is 1. The number of benzene rings is 1. The molecular formula is C16H23NO2S. The summed E-state index contributed by atoms with van der Waals surface area (Å²) in [4.78, 5) is 11.7. The molecule has 0 saturated carbocycles. The second-order valence-corrected chi connectivity index (χ2v) is 6.70. The fraction of sp³-hybridized carbons (Fsp3) is 0.562. The van der Waals surface area contributed by atoms with Gasteiger partial charge in [-0.05, 0) is 57.5 Å². The second kappa shape index (κ2) is 7.70. The van der Waals surface area contributed by atoms with E-state index >= 15 is 0 Å². The van der Waals surface area contributed by atoms with Crippen molar-refractivity contribution >= 4 is 17.7 Å². The quantitative estimate of drug-likeness (QED) is 0.846. The standard InChI is InChI=1S/C16H23NO2S/c1-12(2)19-16(18)14-5-3-13(4-6-14)11-20-15-7-9-17-10-8-15/h3-6,12,15,17H,7-11H2,1-2H3. The number of nitrogens with one attached hydrogen (secondary N) is 1. The van der Waals surface area contributed by atoms with Crippen LogP contribution in [0, 0.1) is 0 Å². The van der Waals surface area contributed by atoms with Crippen LogP contribution in [-0.2, 0) is 10.5 Å². The third-order valence-electron chi connectivity index (χ3n) is 3.30. The molecule has 1 aliphatic heterocycles. The highest BCUT2D eigenvalue weighted by Crippen LogP contribution is 2.24. The first-order valence-electron chi connectivity index (χ1n) is 7.27. The number of thioether (sulfide) groups is 1. The van der Waals surface area contributed by atoms with E-state index in [1.165, 1.54) is 18.4 Å². The molecule has 0 unspecified atom stereocenters. The maximum atomic E-state index is 11.7. The molecule has 4 heteroatoms. The number of piperidine rings is 1. The Morgan fingerprint density at radius 3 is 2.55 bits per heavy atom. The molecule has 0 amide bonds. The van der Waals surface area contributed by atoms with Crippen LogP contribution in [0.5, 0.6) is 0 Å². The van der Waals surface area contributed by atoms with Crippen molar-refractivity contribution < 1.29 is 9.53 Å². The maximum absolute atomic E-state index is 11.7. The number of hydrogen-bond donors (Lipinski definition) is 1. The zero-order valence-corrected chi connectivity index (χ0v) is 13.0. The summed E-state index contributed by atoms with van der Waals surface area (Å²) >= 11 is 2.02. The summed E-state index contributed by atoms with van der Waals surface area (Å²) < 4.78 is 5.18. The van der Waals surface area contributed by atoms with Crippen LogP contribution in [0.1, 0.15) is 42.6 Å². The van der Waals surface area contributed by atoms with E-state index in [9.17, 15) is 4.79 Å². The number of rotatable bonds is 5. The van der Waals surface area contributed by atoms with Gasteiger partial charge in [-0.1, -0.05) is 12.1 Å². The summed E-state index contributed by atoms with van der Waals surface area (Å²) in [5, 5.41) is 4.15. The van der Waals surface area contributed by atoms with Crippen LogP contribution in [0.25, 0.3) is 0 Å². The molecule has 0 aliphatic carbocycles. The van der Waals surface area contributed by atoms with E-state index in [-0.39, 0.29) is 12.1 Å². The lowest BCUT2D eigenvalue weighted by atomic mass is 10.1. The lowest BCUT2D eigenvalue weighted by Crippen LogP contribution is -2.29. The fourth-order valence-corrected chi connectivity index (χ4v) is 3.38. The van der Waals surface area contributed by atoms with Crippen molar-refractivity contribution in [2.45, 2.75) is 43.8 Å². The van der Waals surface area contributed by atoms with Crippen molar-refractivity contribution in [1.29, 1.82) is 0 Å². The Bertz CT molecular complexity index is 425. The number of hydrogen-bond acceptors (Lipinski definition) is 4. The fourth-order valence-electron chi connectivity index (χ4n) is 2.20. The summed E-state index contributed by atoms with van der Waals surface area (Å²) in [6.45, 7) is 6.00. The van der Waals surface area contributed by atoms with Crippen molar-refractivity contribution in [2.75, 3.05) is 13.1 Å². The highest BCUT2D eigenvalue weighted by molar-refractivity contribution is 7.99. The van der Waals surface area contributed by atoms with Crippen molar-refractivity contribution in [3.05, 3.63) is 35.4 Å². The van der Waals surface area contributed by atoms with E-state index in [1.54, 1.807) is 0 Å². The molecule has 1 N–H and O–H groups in total. The molecule has 0 bridgehead atoms. The predicted octanol–water partition coefficient (Wildman–Crippen LogP) is 3.24. The molecule has 0 radical (unpaired) electrons. The smallest absolute Gasteiger partial charge is 0.338 e. The van der Waals surface area contributed by atoms with Crippen molar-refractivity contribution in [2.24, 2.45) is 0 Å². The molecule has 110 valence electrons. The van der Waals surface area contributed by atoms with Crippen LogP contribution in [-0.4, -0.2) is 30.4 Å². The summed E-state index contributed by atoms with van der Waals surface area (Å²) in [6.07, 6.45) is 2.44. The lowest BCUT2D eigenvalue weighted by Gasteiger charge is -2.22. The minimum absolute atomic E-state index is 0.0716. The zero-order valence-electron chi connectivity index (χ0n) is 12.2. The van der Waals surface area contributed by atoms with E-state index in [0.29, 0.717) is 5.56 Å². The first-order chi connectivity index (χ1) is 9.65. The lowest BCUT2D eigenvalue weighted by molar-refractivity contribution is 0.0378. The van der Waals surface area contributed by atoms with E-state index in [1.807, 2.05) is 49.9 Å². The molecule has 20 heavy (non-hydrogen) atoms. The van der Waals surface area contributed by atoms with E-state index in [2.05, 4.69) is 5.32 Å². The molecule has 2 rings (SSSR count). The van der Waals surface area contributed by atoms with Crippen LogP contribution >= 0.6 is 11.8 Å². The zero-order chi connectivity index (χ0) is 14.4. The topological polar surface area (TPSA) is 38.3 Å². The second-order valence-electron chi connectivity index (χ2n) is 5.41. The van der Waals surface area contributed by atoms with Crippen LogP contribution in [0.4, 0.5) is 0 Å². The van der Waals surface area contributed by atoms with E-state index in [0.717, 1.165) is 24.1 Å². The van der Waals surface area contributed by atoms with E-state index < -0.39 is 0 Å². The molecule has 3 nitrogen and oxygen atoms in total. The van der Waals surface area contributed by atoms with Gasteiger partial charge in [0.05, 0.1) is 11.7 Å². The molecule has 1 fully saturated rings. The third-order valence-corrected chi connectivity index (χ3v) is 4.75. The molecule has 0 aromatic heterocycles. The summed E-state index contributed by atoms with van der Waals surface area (Å²) in [5.74, 6) is 0.780. The average Bonchev–Trinajstić information content (AvgIpc) is 2.46. The summed E-state index contributed by atoms with van der Waals surface area (Å²) in [7, 11) is 0. The van der Waals surface area contributed by atoms with Gasteiger partial charge >= 0.3 is 5.97 Å². The Hall–Kier alpha value is -1.00. The monoisotopic (exact) mass is 293 g/mol. The molecular weight excluding hydrogens is 270 g/mol. The van der Waals surface area contributed by atoms with Crippen LogP contribution in [0.15, 0.2) is 24.3 Å². The van der Waals surface area contributed by atoms with Gasteiger partial charge in [0.25, 0.3) is 0 Å². The largest absolute Gasteiger partial charge is 0.459 e. The summed E-state index contributed by atoms with van der Waals surface area (Å²) in [5.41, 5.74) is 1.91. The van der Waals surface area contributed by atoms with Crippen molar-refractivity contribution in [1.82, 2.24) is 5.32 Å². The van der Waals surface area contributed by atoms with Gasteiger partial charge in [0.1, 0.15) is 0 Å². The highest BCUT2D eigenvalue weighted by Gasteiger charge is 2.13. The van der Waals surface area contributed by atoms with Crippen LogP contribution in [0.3, 0.4) is 0 Å². The first kappa shape index (κ1) is 15.4. The SMILES string of the molecule is CC(C)OC(=O)c1ccc(CSC2CCNCC2)cc1. The Balaban J connectivity index is 1.83. The predicted molar refractivity (Wildman–Crippen MR) is 84.2 cm³/mol. The van der Waals surface area contributed by atoms with Crippen LogP contribution < -0.4 is 5.32 Å². The summed E-state index contributed by atoms with van der Waals surface area (Å²) in [6, 6.07) is 7.79. The molecule has 1 aromatic rings. The number of ether oxygens (including phenoxy) is 1. The third kappa shape index (κ3) is 4.84. The minimum atomic E-state index is -0.238. The first-order valence-corrected chi connectivity index (χ1v) is 8.32. The Morgan fingerprint density at radius 2 is 1.95 bits per heavy atom. The molecule has 1 saturated heterocycles. The van der Waals surface area contributed by atoms with Gasteiger partial charge in [0.2, 0.25) is 0 Å². The molecule has 0 atom stereocenters. The number of carbonyl (C=O) groups is 1. The van der Waals surface area contributed by atoms with Gasteiger partial charge in [0, 0.05) is 11.0 Å². The van der Waals surface area contributed by atoms with Crippen molar-refractivity contribution in [3.8, 4) is 0 Å². The van der Waals surface area contributed by atoms with Gasteiger partial charge in [0.15, 0.2) is 0 Å². The van der Waals surface area contributed by atoms with Crippen molar-refractivity contribution in [3.63, 3.8) is 0 Å². The molecule has 1 aliphatic rings. The van der Waals surface area contributed by atoms with Gasteiger partial charge in [-0.25, -0.2) is 4.79 Å². The molecule has 0 spiro atoms. The molecule has 1 heterocycles. The minimum Gasteiger partial charge on any atom is -0.459 e. The maximum Gasteiger partial charge on any atom is 0.338 e. The Labute approximate surface area is 125 Å². The average molecular weight is 293 g/mol. The molecule has 1 aromatic carbocycles. The van der Waals surface area contributed by atoms with E-state index in [4.69, 9.17) is 4.74 Å². The Kier molecular flexibility index (Phi) is 5.92.